The van der Waals surface area contributed by atoms with Gasteiger partial charge in [-0.25, -0.2) is 0 Å². The second-order valence-electron chi connectivity index (χ2n) is 2.33. The molecule has 58 valence electrons. The van der Waals surface area contributed by atoms with Crippen molar-refractivity contribution in [3.63, 3.8) is 0 Å². The monoisotopic (exact) mass is 307 g/mol. The zero-order valence-electron chi connectivity index (χ0n) is 6.14. The molecule has 0 unspecified atom stereocenters. The first-order chi connectivity index (χ1) is 4.41. The van der Waals surface area contributed by atoms with Gasteiger partial charge in [0.05, 0.1) is 0 Å². The Balaban J connectivity index is 2.66. The van der Waals surface area contributed by atoms with Crippen molar-refractivity contribution in [1.82, 2.24) is 0 Å². The van der Waals surface area contributed by atoms with Gasteiger partial charge in [0.2, 0.25) is 0 Å². The summed E-state index contributed by atoms with van der Waals surface area (Å²) in [6, 6.07) is 0. The first-order valence-corrected chi connectivity index (χ1v) is 5.11. The average molecular weight is 307 g/mol. The predicted octanol–water partition coefficient (Wildman–Crippen LogP) is 2.70. The quantitative estimate of drug-likeness (QED) is 0.662. The summed E-state index contributed by atoms with van der Waals surface area (Å²) in [6.07, 6.45) is 8.32. The van der Waals surface area contributed by atoms with Crippen molar-refractivity contribution in [2.75, 3.05) is 0 Å². The third-order valence-electron chi connectivity index (χ3n) is 1.40. The molecule has 0 aromatic rings. The molecule has 0 aliphatic rings. The maximum atomic E-state index is 2.31. The van der Waals surface area contributed by atoms with Gasteiger partial charge < -0.3 is 0 Å². The molecule has 0 heterocycles. The third-order valence-corrected chi connectivity index (χ3v) is 2.05. The summed E-state index contributed by atoms with van der Waals surface area (Å²) >= 11 is 2.31. The van der Waals surface area contributed by atoms with E-state index in [0.29, 0.717) is 0 Å². The molecule has 0 aromatic heterocycles. The molecule has 0 spiro atoms. The van der Waals surface area contributed by atoms with Gasteiger partial charge in [0.25, 0.3) is 0 Å². The van der Waals surface area contributed by atoms with E-state index < -0.39 is 0 Å². The first kappa shape index (κ1) is 9.56. The molecule has 0 aliphatic carbocycles. The number of unbranched alkanes of at least 4 members (excludes halogenated alkanes) is 5. The summed E-state index contributed by atoms with van der Waals surface area (Å²) < 4.78 is 2.23. The van der Waals surface area contributed by atoms with Gasteiger partial charge in [0.1, 0.15) is 0 Å². The molecule has 0 atom stereocenters. The van der Waals surface area contributed by atoms with E-state index in [0.717, 1.165) is 0 Å². The summed E-state index contributed by atoms with van der Waals surface area (Å²) in [5, 5.41) is 0. The van der Waals surface area contributed by atoms with Crippen molar-refractivity contribution in [3.8, 4) is 0 Å². The number of hydrogen-bond acceptors (Lipinski definition) is 0. The standard InChI is InChI=1S/C8H16.Pt/c1-3-5-7-8-6-4-2;/h1H,3-8H2,2H3;. The average Bonchev–Trinajstić information content (AvgIpc) is 1.89. The van der Waals surface area contributed by atoms with Crippen molar-refractivity contribution in [1.29, 1.82) is 0 Å². The first-order valence-electron chi connectivity index (χ1n) is 3.80. The molecule has 0 fully saturated rings. The zero-order valence-corrected chi connectivity index (χ0v) is 8.41. The van der Waals surface area contributed by atoms with Crippen molar-refractivity contribution < 1.29 is 19.4 Å². The molecule has 0 aliphatic heterocycles. The van der Waals surface area contributed by atoms with Crippen LogP contribution in [0.2, 0.25) is 0 Å². The molecule has 0 rings (SSSR count). The summed E-state index contributed by atoms with van der Waals surface area (Å²) in [4.78, 5) is 0. The molecule has 0 amide bonds. The Bertz CT molecular complexity index is 59.6. The predicted molar refractivity (Wildman–Crippen MR) is 39.4 cm³/mol. The number of hydrogen-bond donors (Lipinski definition) is 0. The van der Waals surface area contributed by atoms with Gasteiger partial charge in [-0.05, 0) is 0 Å². The van der Waals surface area contributed by atoms with Gasteiger partial charge >= 0.3 is 69.2 Å². The fourth-order valence-corrected chi connectivity index (χ4v) is 1.28. The minimum atomic E-state index is 1.30. The fourth-order valence-electron chi connectivity index (χ4n) is 0.812. The van der Waals surface area contributed by atoms with Crippen molar-refractivity contribution in [2.24, 2.45) is 0 Å². The minimum absolute atomic E-state index is 1.30. The second-order valence-corrected chi connectivity index (χ2v) is 3.26. The van der Waals surface area contributed by atoms with E-state index in [4.69, 9.17) is 0 Å². The van der Waals surface area contributed by atoms with E-state index in [1.54, 1.807) is 0 Å². The zero-order chi connectivity index (χ0) is 6.95. The summed E-state index contributed by atoms with van der Waals surface area (Å²) in [5.41, 5.74) is 0. The van der Waals surface area contributed by atoms with E-state index >= 15 is 0 Å². The fraction of sp³-hybridized carbons (Fsp3) is 0.875. The van der Waals surface area contributed by atoms with Crippen LogP contribution < -0.4 is 0 Å². The molecule has 0 saturated heterocycles. The molecule has 0 bridgehead atoms. The Morgan fingerprint density at radius 2 is 1.78 bits per heavy atom. The maximum absolute atomic E-state index is 2.31. The Hall–Kier alpha value is 0.558. The van der Waals surface area contributed by atoms with E-state index in [9.17, 15) is 0 Å². The number of rotatable bonds is 6. The molecule has 0 saturated carbocycles. The van der Waals surface area contributed by atoms with Gasteiger partial charge in [-0.1, -0.05) is 0 Å². The Morgan fingerprint density at radius 1 is 1.11 bits per heavy atom. The van der Waals surface area contributed by atoms with Crippen molar-refractivity contribution >= 4 is 4.40 Å². The van der Waals surface area contributed by atoms with Crippen LogP contribution in [0.4, 0.5) is 0 Å². The van der Waals surface area contributed by atoms with Crippen LogP contribution in [0, 0.1) is 0 Å². The van der Waals surface area contributed by atoms with Crippen LogP contribution in [0.1, 0.15) is 45.4 Å². The van der Waals surface area contributed by atoms with Crippen molar-refractivity contribution in [3.05, 3.63) is 0 Å². The summed E-state index contributed by atoms with van der Waals surface area (Å²) in [7, 11) is 0. The van der Waals surface area contributed by atoms with Crippen LogP contribution in [-0.4, -0.2) is 4.40 Å². The van der Waals surface area contributed by atoms with Gasteiger partial charge in [-0.2, -0.15) is 0 Å². The Kier molecular flexibility index (Phi) is 9.09. The van der Waals surface area contributed by atoms with E-state index in [1.807, 2.05) is 0 Å². The molecule has 0 nitrogen and oxygen atoms in total. The van der Waals surface area contributed by atoms with Gasteiger partial charge in [-0.3, -0.25) is 0 Å². The van der Waals surface area contributed by atoms with Crippen LogP contribution in [-0.2, 0) is 19.4 Å². The summed E-state index contributed by atoms with van der Waals surface area (Å²) in [6.45, 7) is 2.25. The third kappa shape index (κ3) is 8.56. The molecule has 0 radical (unpaired) electrons. The molecular weight excluding hydrogens is 291 g/mol. The molecule has 1 heteroatoms. The van der Waals surface area contributed by atoms with E-state index in [2.05, 4.69) is 30.7 Å². The van der Waals surface area contributed by atoms with Crippen LogP contribution >= 0.6 is 0 Å². The Labute approximate surface area is 69.4 Å². The molecule has 9 heavy (non-hydrogen) atoms. The topological polar surface area (TPSA) is 0 Å². The van der Waals surface area contributed by atoms with E-state index in [-0.39, 0.29) is 0 Å². The van der Waals surface area contributed by atoms with Gasteiger partial charge in [0, 0.05) is 0 Å². The second kappa shape index (κ2) is 8.56. The normalized spacial score (nSPS) is 9.67. The molecule has 0 N–H and O–H groups in total. The van der Waals surface area contributed by atoms with Crippen LogP contribution in [0.25, 0.3) is 0 Å². The summed E-state index contributed by atoms with van der Waals surface area (Å²) in [5.74, 6) is 0. The van der Waals surface area contributed by atoms with Gasteiger partial charge in [-0.15, -0.1) is 0 Å². The molecular formula is C8H16Pt. The van der Waals surface area contributed by atoms with Crippen LogP contribution in [0.5, 0.6) is 0 Å². The molecule has 0 aromatic carbocycles. The SMILES string of the molecule is CCCCCCC[CH]=[Pt]. The van der Waals surface area contributed by atoms with Crippen LogP contribution in [0.15, 0.2) is 0 Å². The van der Waals surface area contributed by atoms with E-state index in [1.165, 1.54) is 38.5 Å². The van der Waals surface area contributed by atoms with Gasteiger partial charge in [0.15, 0.2) is 0 Å². The van der Waals surface area contributed by atoms with Crippen LogP contribution in [0.3, 0.4) is 0 Å². The Morgan fingerprint density at radius 3 is 2.33 bits per heavy atom. The van der Waals surface area contributed by atoms with Crippen molar-refractivity contribution in [2.45, 2.75) is 45.4 Å².